The fraction of sp³-hybridized carbons (Fsp3) is 0.0800. The Morgan fingerprint density at radius 2 is 1.66 bits per heavy atom. The predicted octanol–water partition coefficient (Wildman–Crippen LogP) is 4.88. The summed E-state index contributed by atoms with van der Waals surface area (Å²) < 4.78 is 15.7. The smallest absolute Gasteiger partial charge is 0.258 e. The van der Waals surface area contributed by atoms with E-state index in [9.17, 15) is 14.0 Å². The second-order valence-corrected chi connectivity index (χ2v) is 7.28. The second kappa shape index (κ2) is 9.26. The first-order valence-electron chi connectivity index (χ1n) is 10.0. The van der Waals surface area contributed by atoms with E-state index >= 15 is 0 Å². The molecule has 0 saturated carbocycles. The molecule has 0 atom stereocenters. The third-order valence-corrected chi connectivity index (χ3v) is 5.02. The minimum Gasteiger partial charge on any atom is -0.322 e. The number of carbonyl (C=O) groups excluding carboxylic acids is 2. The van der Waals surface area contributed by atoms with Gasteiger partial charge in [0.1, 0.15) is 5.82 Å². The fourth-order valence-corrected chi connectivity index (χ4v) is 3.28. The maximum absolute atomic E-state index is 13.9. The molecule has 2 amide bonds. The standard InChI is InChI=1S/C25H21FN4O2/c1-17-11-12-18(15-23(17)29-25(32)20-8-3-4-9-21(20)26)24(31)28-22-10-5-2-7-19(22)16-30-14-6-13-27-30/h2-15H,16H2,1H3,(H,28,31)(H,29,32). The highest BCUT2D eigenvalue weighted by molar-refractivity contribution is 6.08. The largest absolute Gasteiger partial charge is 0.322 e. The second-order valence-electron chi connectivity index (χ2n) is 7.28. The molecule has 1 heterocycles. The molecule has 4 rings (SSSR count). The number of para-hydroxylation sites is 1. The van der Waals surface area contributed by atoms with Crippen molar-refractivity contribution >= 4 is 23.2 Å². The lowest BCUT2D eigenvalue weighted by Crippen LogP contribution is -2.17. The van der Waals surface area contributed by atoms with Crippen molar-refractivity contribution in [2.24, 2.45) is 0 Å². The quantitative estimate of drug-likeness (QED) is 0.459. The molecular formula is C25H21FN4O2. The van der Waals surface area contributed by atoms with Crippen LogP contribution in [0.15, 0.2) is 85.2 Å². The van der Waals surface area contributed by atoms with E-state index in [4.69, 9.17) is 0 Å². The number of aryl methyl sites for hydroxylation is 1. The van der Waals surface area contributed by atoms with Crippen molar-refractivity contribution in [3.8, 4) is 0 Å². The Morgan fingerprint density at radius 3 is 2.44 bits per heavy atom. The molecule has 32 heavy (non-hydrogen) atoms. The van der Waals surface area contributed by atoms with Crippen molar-refractivity contribution in [3.05, 3.63) is 113 Å². The Balaban J connectivity index is 1.53. The Bertz CT molecular complexity index is 1270. The molecule has 2 N–H and O–H groups in total. The van der Waals surface area contributed by atoms with E-state index in [0.717, 1.165) is 11.1 Å². The van der Waals surface area contributed by atoms with Crippen LogP contribution in [-0.4, -0.2) is 21.6 Å². The summed E-state index contributed by atoms with van der Waals surface area (Å²) in [7, 11) is 0. The molecule has 1 aromatic heterocycles. The number of hydrogen-bond donors (Lipinski definition) is 2. The van der Waals surface area contributed by atoms with Gasteiger partial charge in [-0.25, -0.2) is 4.39 Å². The van der Waals surface area contributed by atoms with Crippen LogP contribution in [-0.2, 0) is 6.54 Å². The molecule has 7 heteroatoms. The van der Waals surface area contributed by atoms with E-state index in [2.05, 4.69) is 15.7 Å². The van der Waals surface area contributed by atoms with Gasteiger partial charge in [-0.05, 0) is 54.4 Å². The van der Waals surface area contributed by atoms with Crippen LogP contribution in [0.3, 0.4) is 0 Å². The van der Waals surface area contributed by atoms with Gasteiger partial charge in [0.05, 0.1) is 12.1 Å². The van der Waals surface area contributed by atoms with E-state index in [0.29, 0.717) is 23.5 Å². The van der Waals surface area contributed by atoms with Gasteiger partial charge < -0.3 is 10.6 Å². The first-order chi connectivity index (χ1) is 15.5. The summed E-state index contributed by atoms with van der Waals surface area (Å²) in [5, 5.41) is 9.83. The SMILES string of the molecule is Cc1ccc(C(=O)Nc2ccccc2Cn2cccn2)cc1NC(=O)c1ccccc1F. The molecule has 0 radical (unpaired) electrons. The number of rotatable bonds is 6. The van der Waals surface area contributed by atoms with E-state index in [1.807, 2.05) is 36.5 Å². The monoisotopic (exact) mass is 428 g/mol. The first kappa shape index (κ1) is 21.0. The summed E-state index contributed by atoms with van der Waals surface area (Å²) in [6.45, 7) is 2.32. The topological polar surface area (TPSA) is 76.0 Å². The Kier molecular flexibility index (Phi) is 6.07. The summed E-state index contributed by atoms with van der Waals surface area (Å²) in [6, 6.07) is 20.1. The van der Waals surface area contributed by atoms with Crippen LogP contribution in [0.2, 0.25) is 0 Å². The van der Waals surface area contributed by atoms with E-state index in [1.165, 1.54) is 18.2 Å². The van der Waals surface area contributed by atoms with Crippen molar-refractivity contribution in [1.82, 2.24) is 9.78 Å². The minimum atomic E-state index is -0.606. The van der Waals surface area contributed by atoms with Crippen molar-refractivity contribution in [2.75, 3.05) is 10.6 Å². The summed E-state index contributed by atoms with van der Waals surface area (Å²) in [4.78, 5) is 25.4. The lowest BCUT2D eigenvalue weighted by molar-refractivity contribution is 0.101. The van der Waals surface area contributed by atoms with Gasteiger partial charge >= 0.3 is 0 Å². The summed E-state index contributed by atoms with van der Waals surface area (Å²) in [6.07, 6.45) is 3.55. The van der Waals surface area contributed by atoms with Crippen molar-refractivity contribution in [1.29, 1.82) is 0 Å². The number of halogens is 1. The summed E-state index contributed by atoms with van der Waals surface area (Å²) >= 11 is 0. The molecule has 0 aliphatic carbocycles. The van der Waals surface area contributed by atoms with Gasteiger partial charge in [0.2, 0.25) is 0 Å². The molecule has 6 nitrogen and oxygen atoms in total. The molecular weight excluding hydrogens is 407 g/mol. The highest BCUT2D eigenvalue weighted by atomic mass is 19.1. The number of aromatic nitrogens is 2. The number of nitrogens with zero attached hydrogens (tertiary/aromatic N) is 2. The van der Waals surface area contributed by atoms with E-state index in [1.54, 1.807) is 42.1 Å². The zero-order chi connectivity index (χ0) is 22.5. The molecule has 0 spiro atoms. The molecule has 160 valence electrons. The van der Waals surface area contributed by atoms with Gasteiger partial charge in [0.25, 0.3) is 11.8 Å². The van der Waals surface area contributed by atoms with Gasteiger partial charge in [-0.1, -0.05) is 36.4 Å². The highest BCUT2D eigenvalue weighted by Crippen LogP contribution is 2.21. The minimum absolute atomic E-state index is 0.0608. The number of carbonyl (C=O) groups is 2. The maximum Gasteiger partial charge on any atom is 0.258 e. The Morgan fingerprint density at radius 1 is 0.906 bits per heavy atom. The molecule has 0 fully saturated rings. The van der Waals surface area contributed by atoms with E-state index < -0.39 is 11.7 Å². The normalized spacial score (nSPS) is 10.6. The number of nitrogens with one attached hydrogen (secondary N) is 2. The van der Waals surface area contributed by atoms with E-state index in [-0.39, 0.29) is 11.5 Å². The lowest BCUT2D eigenvalue weighted by atomic mass is 10.1. The van der Waals surface area contributed by atoms with Gasteiger partial charge in [0, 0.05) is 29.3 Å². The third-order valence-electron chi connectivity index (χ3n) is 5.02. The lowest BCUT2D eigenvalue weighted by Gasteiger charge is -2.13. The molecule has 0 unspecified atom stereocenters. The first-order valence-corrected chi connectivity index (χ1v) is 10.0. The molecule has 0 aliphatic rings. The van der Waals surface area contributed by atoms with Gasteiger partial charge in [-0.3, -0.25) is 14.3 Å². The van der Waals surface area contributed by atoms with Crippen LogP contribution >= 0.6 is 0 Å². The van der Waals surface area contributed by atoms with Gasteiger partial charge in [-0.2, -0.15) is 5.10 Å². The average molecular weight is 428 g/mol. The molecule has 0 bridgehead atoms. The number of amides is 2. The van der Waals surface area contributed by atoms with Crippen LogP contribution in [0, 0.1) is 12.7 Å². The number of anilines is 2. The molecule has 4 aromatic rings. The summed E-state index contributed by atoms with van der Waals surface area (Å²) in [5.74, 6) is -1.50. The van der Waals surface area contributed by atoms with Crippen molar-refractivity contribution in [3.63, 3.8) is 0 Å². The van der Waals surface area contributed by atoms with Crippen LogP contribution in [0.4, 0.5) is 15.8 Å². The van der Waals surface area contributed by atoms with Crippen LogP contribution in [0.5, 0.6) is 0 Å². The zero-order valence-electron chi connectivity index (χ0n) is 17.4. The van der Waals surface area contributed by atoms with Crippen molar-refractivity contribution < 1.29 is 14.0 Å². The number of hydrogen-bond acceptors (Lipinski definition) is 3. The van der Waals surface area contributed by atoms with Gasteiger partial charge in [-0.15, -0.1) is 0 Å². The maximum atomic E-state index is 13.9. The average Bonchev–Trinajstić information content (AvgIpc) is 3.30. The van der Waals surface area contributed by atoms with Crippen LogP contribution in [0.25, 0.3) is 0 Å². The third kappa shape index (κ3) is 4.73. The number of benzene rings is 3. The Labute approximate surface area is 184 Å². The fourth-order valence-electron chi connectivity index (χ4n) is 3.28. The van der Waals surface area contributed by atoms with Gasteiger partial charge in [0.15, 0.2) is 0 Å². The predicted molar refractivity (Wildman–Crippen MR) is 121 cm³/mol. The van der Waals surface area contributed by atoms with Crippen molar-refractivity contribution in [2.45, 2.75) is 13.5 Å². The molecule has 3 aromatic carbocycles. The Hall–Kier alpha value is -4.26. The summed E-state index contributed by atoms with van der Waals surface area (Å²) in [5.41, 5.74) is 3.08. The molecule has 0 saturated heterocycles. The van der Waals surface area contributed by atoms with Crippen LogP contribution in [0.1, 0.15) is 31.8 Å². The van der Waals surface area contributed by atoms with Crippen LogP contribution < -0.4 is 10.6 Å². The zero-order valence-corrected chi connectivity index (χ0v) is 17.4. The highest BCUT2D eigenvalue weighted by Gasteiger charge is 2.15. The molecule has 0 aliphatic heterocycles.